The Labute approximate surface area is 60.5 Å². The summed E-state index contributed by atoms with van der Waals surface area (Å²) in [7, 11) is 0. The topological polar surface area (TPSA) is 34.1 Å². The number of hydrogen-bond donors (Lipinski definition) is 0. The molecule has 2 heteroatoms. The van der Waals surface area contributed by atoms with Gasteiger partial charge in [-0.05, 0) is 0 Å². The average Bonchev–Trinajstić information content (AvgIpc) is 2.14. The molecule has 54 valence electrons. The first kappa shape index (κ1) is 11.4. The SMILES string of the molecule is C=O.C=O.c1ccccc1. The summed E-state index contributed by atoms with van der Waals surface area (Å²) in [5.74, 6) is 0. The monoisotopic (exact) mass is 138 g/mol. The number of benzene rings is 1. The van der Waals surface area contributed by atoms with E-state index in [0.29, 0.717) is 0 Å². The van der Waals surface area contributed by atoms with Crippen molar-refractivity contribution < 1.29 is 9.59 Å². The number of carbonyl (C=O) groups excluding carboxylic acids is 2. The lowest BCUT2D eigenvalue weighted by molar-refractivity contribution is -0.0987. The van der Waals surface area contributed by atoms with Crippen molar-refractivity contribution in [2.24, 2.45) is 0 Å². The van der Waals surface area contributed by atoms with Crippen LogP contribution >= 0.6 is 0 Å². The summed E-state index contributed by atoms with van der Waals surface area (Å²) in [5, 5.41) is 0. The van der Waals surface area contributed by atoms with Gasteiger partial charge in [0, 0.05) is 0 Å². The highest BCUT2D eigenvalue weighted by atomic mass is 16.1. The van der Waals surface area contributed by atoms with Gasteiger partial charge in [0.2, 0.25) is 0 Å². The van der Waals surface area contributed by atoms with Gasteiger partial charge in [0.05, 0.1) is 0 Å². The number of rotatable bonds is 0. The first-order valence-electron chi connectivity index (χ1n) is 2.58. The Balaban J connectivity index is 0. The molecule has 1 rings (SSSR count). The van der Waals surface area contributed by atoms with Gasteiger partial charge in [-0.2, -0.15) is 0 Å². The zero-order valence-electron chi connectivity index (χ0n) is 5.69. The molecule has 0 aromatic heterocycles. The lowest BCUT2D eigenvalue weighted by atomic mass is 10.4. The highest BCUT2D eigenvalue weighted by Gasteiger charge is 1.57. The van der Waals surface area contributed by atoms with Gasteiger partial charge in [0.1, 0.15) is 13.6 Å². The maximum absolute atomic E-state index is 8.00. The van der Waals surface area contributed by atoms with E-state index in [1.807, 2.05) is 50.0 Å². The minimum Gasteiger partial charge on any atom is -0.307 e. The predicted molar refractivity (Wildman–Crippen MR) is 40.7 cm³/mol. The van der Waals surface area contributed by atoms with Gasteiger partial charge in [0.15, 0.2) is 0 Å². The van der Waals surface area contributed by atoms with Crippen LogP contribution in [-0.2, 0) is 9.59 Å². The molecule has 2 nitrogen and oxygen atoms in total. The Bertz CT molecular complexity index is 99.2. The van der Waals surface area contributed by atoms with E-state index in [4.69, 9.17) is 9.59 Å². The van der Waals surface area contributed by atoms with Gasteiger partial charge in [-0.3, -0.25) is 0 Å². The highest BCUT2D eigenvalue weighted by Crippen LogP contribution is 1.79. The fourth-order valence-electron chi connectivity index (χ4n) is 0.385. The molecule has 0 saturated carbocycles. The first-order valence-corrected chi connectivity index (χ1v) is 2.58. The van der Waals surface area contributed by atoms with Crippen molar-refractivity contribution in [1.82, 2.24) is 0 Å². The quantitative estimate of drug-likeness (QED) is 0.541. The molecule has 0 aliphatic heterocycles. The van der Waals surface area contributed by atoms with Crippen molar-refractivity contribution in [3.8, 4) is 0 Å². The van der Waals surface area contributed by atoms with Crippen molar-refractivity contribution in [1.29, 1.82) is 0 Å². The third-order valence-electron chi connectivity index (χ3n) is 0.667. The maximum atomic E-state index is 8.00. The Morgan fingerprint density at radius 2 is 0.600 bits per heavy atom. The van der Waals surface area contributed by atoms with Crippen LogP contribution in [0.2, 0.25) is 0 Å². The molecule has 0 atom stereocenters. The summed E-state index contributed by atoms with van der Waals surface area (Å²) >= 11 is 0. The van der Waals surface area contributed by atoms with Gasteiger partial charge < -0.3 is 9.59 Å². The normalized spacial score (nSPS) is 5.60. The summed E-state index contributed by atoms with van der Waals surface area (Å²) in [6.07, 6.45) is 0. The zero-order valence-corrected chi connectivity index (χ0v) is 5.69. The van der Waals surface area contributed by atoms with E-state index in [0.717, 1.165) is 0 Å². The predicted octanol–water partition coefficient (Wildman–Crippen LogP) is 1.32. The third-order valence-corrected chi connectivity index (χ3v) is 0.667. The molecule has 0 aliphatic carbocycles. The number of hydrogen-bond acceptors (Lipinski definition) is 2. The second-order valence-corrected chi connectivity index (χ2v) is 1.15. The molecule has 0 aliphatic rings. The van der Waals surface area contributed by atoms with Crippen LogP contribution in [0, 0.1) is 0 Å². The van der Waals surface area contributed by atoms with E-state index in [9.17, 15) is 0 Å². The van der Waals surface area contributed by atoms with Crippen molar-refractivity contribution in [3.05, 3.63) is 36.4 Å². The zero-order chi connectivity index (χ0) is 8.24. The van der Waals surface area contributed by atoms with Crippen LogP contribution in [0.5, 0.6) is 0 Å². The Hall–Kier alpha value is -1.44. The van der Waals surface area contributed by atoms with Crippen LogP contribution in [0.4, 0.5) is 0 Å². The van der Waals surface area contributed by atoms with Crippen molar-refractivity contribution in [2.45, 2.75) is 0 Å². The molecule has 0 fully saturated rings. The van der Waals surface area contributed by atoms with E-state index in [-0.39, 0.29) is 0 Å². The minimum atomic E-state index is 2.00. The molecule has 0 N–H and O–H groups in total. The minimum absolute atomic E-state index is 2.00. The van der Waals surface area contributed by atoms with Crippen LogP contribution in [0.1, 0.15) is 0 Å². The summed E-state index contributed by atoms with van der Waals surface area (Å²) in [6.45, 7) is 4.00. The molecule has 0 spiro atoms. The van der Waals surface area contributed by atoms with Gasteiger partial charge in [-0.25, -0.2) is 0 Å². The van der Waals surface area contributed by atoms with Gasteiger partial charge in [-0.1, -0.05) is 36.4 Å². The van der Waals surface area contributed by atoms with Crippen molar-refractivity contribution in [2.75, 3.05) is 0 Å². The Kier molecular flexibility index (Phi) is 17.8. The van der Waals surface area contributed by atoms with E-state index >= 15 is 0 Å². The summed E-state index contributed by atoms with van der Waals surface area (Å²) < 4.78 is 0. The fraction of sp³-hybridized carbons (Fsp3) is 0. The molecule has 0 heterocycles. The highest BCUT2D eigenvalue weighted by molar-refractivity contribution is 5.11. The third kappa shape index (κ3) is 9.75. The molecular formula is C8H10O2. The van der Waals surface area contributed by atoms with Crippen molar-refractivity contribution >= 4 is 13.6 Å². The van der Waals surface area contributed by atoms with E-state index in [1.54, 1.807) is 0 Å². The van der Waals surface area contributed by atoms with Crippen LogP contribution in [0.25, 0.3) is 0 Å². The van der Waals surface area contributed by atoms with Gasteiger partial charge in [-0.15, -0.1) is 0 Å². The Morgan fingerprint density at radius 3 is 0.700 bits per heavy atom. The second kappa shape index (κ2) is 15.6. The van der Waals surface area contributed by atoms with E-state index < -0.39 is 0 Å². The summed E-state index contributed by atoms with van der Waals surface area (Å²) in [5.41, 5.74) is 0. The standard InChI is InChI=1S/C6H6.2CH2O/c1-2-4-6-5-3-1;2*1-2/h1-6H;2*1H2. The first-order chi connectivity index (χ1) is 5.00. The largest absolute Gasteiger partial charge is 0.307 e. The van der Waals surface area contributed by atoms with Crippen LogP contribution in [-0.4, -0.2) is 13.6 Å². The van der Waals surface area contributed by atoms with Crippen LogP contribution in [0.3, 0.4) is 0 Å². The number of carbonyl (C=O) groups is 2. The summed E-state index contributed by atoms with van der Waals surface area (Å²) in [6, 6.07) is 12.0. The molecular weight excluding hydrogens is 128 g/mol. The molecule has 10 heavy (non-hydrogen) atoms. The van der Waals surface area contributed by atoms with Gasteiger partial charge in [0.25, 0.3) is 0 Å². The Morgan fingerprint density at radius 1 is 0.500 bits per heavy atom. The van der Waals surface area contributed by atoms with Crippen LogP contribution in [0.15, 0.2) is 36.4 Å². The van der Waals surface area contributed by atoms with Gasteiger partial charge >= 0.3 is 0 Å². The summed E-state index contributed by atoms with van der Waals surface area (Å²) in [4.78, 5) is 16.0. The second-order valence-electron chi connectivity index (χ2n) is 1.15. The molecule has 0 saturated heterocycles. The van der Waals surface area contributed by atoms with E-state index in [2.05, 4.69) is 0 Å². The smallest absolute Gasteiger partial charge is 0.106 e. The van der Waals surface area contributed by atoms with Crippen molar-refractivity contribution in [3.63, 3.8) is 0 Å². The molecule has 1 aromatic rings. The molecule has 0 radical (unpaired) electrons. The average molecular weight is 138 g/mol. The molecule has 0 unspecified atom stereocenters. The fourth-order valence-corrected chi connectivity index (χ4v) is 0.385. The molecule has 0 amide bonds. The molecule has 1 aromatic carbocycles. The van der Waals surface area contributed by atoms with E-state index in [1.165, 1.54) is 0 Å². The maximum Gasteiger partial charge on any atom is 0.106 e. The lowest BCUT2D eigenvalue weighted by Gasteiger charge is -1.69. The molecule has 0 bridgehead atoms. The van der Waals surface area contributed by atoms with Crippen LogP contribution < -0.4 is 0 Å². The lowest BCUT2D eigenvalue weighted by Crippen LogP contribution is -1.47.